The van der Waals surface area contributed by atoms with Crippen LogP contribution in [0.25, 0.3) is 21.8 Å². The zero-order chi connectivity index (χ0) is 18.0. The molecule has 1 aromatic carbocycles. The van der Waals surface area contributed by atoms with Crippen LogP contribution in [0.15, 0.2) is 23.5 Å². The van der Waals surface area contributed by atoms with Gasteiger partial charge in [-0.3, -0.25) is 4.68 Å². The van der Waals surface area contributed by atoms with E-state index < -0.39 is 5.97 Å². The van der Waals surface area contributed by atoms with Crippen LogP contribution in [0.5, 0.6) is 0 Å². The van der Waals surface area contributed by atoms with Gasteiger partial charge in [0.2, 0.25) is 0 Å². The van der Waals surface area contributed by atoms with E-state index in [0.717, 1.165) is 28.4 Å². The number of nitrogens with zero attached hydrogens (tertiary/aromatic N) is 5. The van der Waals surface area contributed by atoms with E-state index in [0.29, 0.717) is 24.0 Å². The van der Waals surface area contributed by atoms with Crippen LogP contribution >= 0.6 is 11.8 Å². The maximum absolute atomic E-state index is 12.3. The second-order valence-electron chi connectivity index (χ2n) is 5.85. The number of carbonyl (C=O) groups excluding carboxylic acids is 1. The van der Waals surface area contributed by atoms with Gasteiger partial charge in [-0.05, 0) is 33.3 Å². The highest BCUT2D eigenvalue weighted by Gasteiger charge is 2.21. The predicted molar refractivity (Wildman–Crippen MR) is 99.1 cm³/mol. The monoisotopic (exact) mass is 359 g/mol. The van der Waals surface area contributed by atoms with E-state index in [4.69, 9.17) is 4.74 Å². The Labute approximate surface area is 150 Å². The van der Waals surface area contributed by atoms with Crippen molar-refractivity contribution in [3.05, 3.63) is 24.0 Å². The van der Waals surface area contributed by atoms with Crippen molar-refractivity contribution >= 4 is 39.5 Å². The Morgan fingerprint density at radius 2 is 2.16 bits per heavy atom. The highest BCUT2D eigenvalue weighted by Crippen LogP contribution is 2.28. The minimum absolute atomic E-state index is 0.317. The van der Waals surface area contributed by atoms with Gasteiger partial charge in [0.05, 0.1) is 18.7 Å². The molecule has 0 unspecified atom stereocenters. The summed E-state index contributed by atoms with van der Waals surface area (Å²) in [6.07, 6.45) is 3.75. The molecule has 2 heterocycles. The van der Waals surface area contributed by atoms with Gasteiger partial charge in [-0.25, -0.2) is 14.8 Å². The fourth-order valence-corrected chi connectivity index (χ4v) is 2.99. The van der Waals surface area contributed by atoms with Gasteiger partial charge in [0.1, 0.15) is 5.52 Å². The largest absolute Gasteiger partial charge is 0.461 e. The van der Waals surface area contributed by atoms with Crippen molar-refractivity contribution in [3.63, 3.8) is 0 Å². The molecule has 0 fully saturated rings. The van der Waals surface area contributed by atoms with Crippen molar-refractivity contribution in [1.29, 1.82) is 0 Å². The third kappa shape index (κ3) is 3.45. The van der Waals surface area contributed by atoms with Crippen LogP contribution in [0, 0.1) is 0 Å². The van der Waals surface area contributed by atoms with E-state index in [1.807, 2.05) is 37.2 Å². The fraction of sp³-hybridized carbons (Fsp3) is 0.412. The molecule has 0 aliphatic rings. The number of hydrogen-bond acceptors (Lipinski definition) is 7. The molecule has 0 radical (unpaired) electrons. The molecule has 25 heavy (non-hydrogen) atoms. The summed E-state index contributed by atoms with van der Waals surface area (Å²) in [7, 11) is 4.01. The number of esters is 1. The minimum atomic E-state index is -0.408. The van der Waals surface area contributed by atoms with Crippen molar-refractivity contribution in [3.8, 4) is 0 Å². The van der Waals surface area contributed by atoms with Crippen LogP contribution in [0.2, 0.25) is 0 Å². The molecule has 0 N–H and O–H groups in total. The minimum Gasteiger partial charge on any atom is -0.461 e. The first-order chi connectivity index (χ1) is 12.0. The lowest BCUT2D eigenvalue weighted by Gasteiger charge is -2.10. The summed E-state index contributed by atoms with van der Waals surface area (Å²) in [5.74, 6) is -0.408. The van der Waals surface area contributed by atoms with Crippen LogP contribution < -0.4 is 0 Å². The lowest BCUT2D eigenvalue weighted by molar-refractivity contribution is 0.0520. The topological polar surface area (TPSA) is 73.1 Å². The van der Waals surface area contributed by atoms with E-state index >= 15 is 0 Å². The van der Waals surface area contributed by atoms with E-state index in [-0.39, 0.29) is 0 Å². The van der Waals surface area contributed by atoms with Crippen molar-refractivity contribution in [2.45, 2.75) is 18.6 Å². The Kier molecular flexibility index (Phi) is 5.19. The van der Waals surface area contributed by atoms with E-state index in [9.17, 15) is 4.79 Å². The van der Waals surface area contributed by atoms with Crippen LogP contribution in [-0.2, 0) is 11.3 Å². The van der Waals surface area contributed by atoms with Crippen LogP contribution in [0.1, 0.15) is 17.4 Å². The summed E-state index contributed by atoms with van der Waals surface area (Å²) in [5.41, 5.74) is 1.99. The van der Waals surface area contributed by atoms with Crippen molar-refractivity contribution in [1.82, 2.24) is 24.6 Å². The fourth-order valence-electron chi connectivity index (χ4n) is 2.65. The number of fused-ring (bicyclic) bond motifs is 3. The summed E-state index contributed by atoms with van der Waals surface area (Å²) < 4.78 is 7.02. The molecule has 0 aliphatic carbocycles. The quantitative estimate of drug-likeness (QED) is 0.380. The summed E-state index contributed by atoms with van der Waals surface area (Å²) in [4.78, 5) is 23.4. The number of rotatable bonds is 6. The van der Waals surface area contributed by atoms with Crippen LogP contribution in [-0.4, -0.2) is 64.1 Å². The Hall–Kier alpha value is -2.19. The lowest BCUT2D eigenvalue weighted by Crippen LogP contribution is -2.19. The molecule has 132 valence electrons. The highest BCUT2D eigenvalue weighted by molar-refractivity contribution is 7.98. The molecule has 0 bridgehead atoms. The Morgan fingerprint density at radius 1 is 1.36 bits per heavy atom. The summed E-state index contributed by atoms with van der Waals surface area (Å²) in [6.45, 7) is 3.56. The molecule has 2 aromatic heterocycles. The van der Waals surface area contributed by atoms with Gasteiger partial charge in [0.15, 0.2) is 10.9 Å². The third-order valence-corrected chi connectivity index (χ3v) is 4.41. The molecule has 0 atom stereocenters. The molecular formula is C17H21N5O2S. The molecule has 7 nitrogen and oxygen atoms in total. The molecule has 0 saturated heterocycles. The van der Waals surface area contributed by atoms with Crippen LogP contribution in [0.3, 0.4) is 0 Å². The molecule has 3 aromatic rings. The maximum Gasteiger partial charge on any atom is 0.359 e. The second-order valence-corrected chi connectivity index (χ2v) is 6.63. The molecule has 0 amide bonds. The smallest absolute Gasteiger partial charge is 0.359 e. The molecule has 8 heteroatoms. The third-order valence-electron chi connectivity index (χ3n) is 3.85. The van der Waals surface area contributed by atoms with Gasteiger partial charge in [-0.15, -0.1) is 0 Å². The average molecular weight is 359 g/mol. The Balaban J connectivity index is 2.25. The SMILES string of the molecule is CCOC(=O)c1nn(CCN(C)C)c2c1ccc1cnc(SC)nc12. The first kappa shape index (κ1) is 17.6. The number of thioether (sulfide) groups is 1. The first-order valence-electron chi connectivity index (χ1n) is 8.07. The zero-order valence-corrected chi connectivity index (χ0v) is 15.6. The van der Waals surface area contributed by atoms with E-state index in [1.165, 1.54) is 11.8 Å². The average Bonchev–Trinajstić information content (AvgIpc) is 2.99. The number of carbonyl (C=O) groups is 1. The number of aromatic nitrogens is 4. The van der Waals surface area contributed by atoms with Gasteiger partial charge in [0.25, 0.3) is 0 Å². The first-order valence-corrected chi connectivity index (χ1v) is 9.29. The normalized spacial score (nSPS) is 11.6. The maximum atomic E-state index is 12.3. The highest BCUT2D eigenvalue weighted by atomic mass is 32.2. The standard InChI is InChI=1S/C17H21N5O2S/c1-5-24-16(23)14-12-7-6-11-10-18-17(25-4)19-13(11)15(12)22(20-14)9-8-21(2)3/h6-7,10H,5,8-9H2,1-4H3. The number of benzene rings is 1. The van der Waals surface area contributed by atoms with Gasteiger partial charge < -0.3 is 9.64 Å². The van der Waals surface area contributed by atoms with E-state index in [2.05, 4.69) is 20.0 Å². The number of ether oxygens (including phenoxy) is 1. The van der Waals surface area contributed by atoms with Gasteiger partial charge in [0, 0.05) is 23.5 Å². The predicted octanol–water partition coefficient (Wildman–Crippen LogP) is 2.44. The molecule has 0 spiro atoms. The van der Waals surface area contributed by atoms with Gasteiger partial charge in [-0.1, -0.05) is 17.8 Å². The van der Waals surface area contributed by atoms with E-state index in [1.54, 1.807) is 13.1 Å². The Morgan fingerprint density at radius 3 is 2.84 bits per heavy atom. The summed E-state index contributed by atoms with van der Waals surface area (Å²) >= 11 is 1.49. The summed E-state index contributed by atoms with van der Waals surface area (Å²) in [5, 5.41) is 6.91. The van der Waals surface area contributed by atoms with Crippen molar-refractivity contribution in [2.75, 3.05) is 33.5 Å². The second kappa shape index (κ2) is 7.37. The summed E-state index contributed by atoms with van der Waals surface area (Å²) in [6, 6.07) is 3.81. The molecule has 0 saturated carbocycles. The van der Waals surface area contributed by atoms with Crippen molar-refractivity contribution in [2.24, 2.45) is 0 Å². The lowest BCUT2D eigenvalue weighted by atomic mass is 10.1. The number of hydrogen-bond donors (Lipinski definition) is 0. The van der Waals surface area contributed by atoms with Gasteiger partial charge in [-0.2, -0.15) is 5.10 Å². The zero-order valence-electron chi connectivity index (χ0n) is 14.8. The van der Waals surface area contributed by atoms with Crippen molar-refractivity contribution < 1.29 is 9.53 Å². The van der Waals surface area contributed by atoms with Gasteiger partial charge >= 0.3 is 5.97 Å². The molecular weight excluding hydrogens is 338 g/mol. The molecule has 3 rings (SSSR count). The number of likely N-dealkylation sites (N-methyl/N-ethyl adjacent to an activating group) is 1. The van der Waals surface area contributed by atoms with Crippen LogP contribution in [0.4, 0.5) is 0 Å². The molecule has 0 aliphatic heterocycles. The Bertz CT molecular complexity index is 922.